The standard InChI is InChI=1S/C11H14O2/c1-3-10(11(12)13)9-6-4-5-8(2)7-9/h4-7,10H,3H2,1-2H3,(H,12,13). The highest BCUT2D eigenvalue weighted by atomic mass is 16.4. The van der Waals surface area contributed by atoms with Crippen LogP contribution >= 0.6 is 0 Å². The number of aliphatic carboxylic acids is 1. The molecule has 2 heteroatoms. The summed E-state index contributed by atoms with van der Waals surface area (Å²) in [5, 5.41) is 8.92. The molecule has 0 amide bonds. The fourth-order valence-corrected chi connectivity index (χ4v) is 1.44. The topological polar surface area (TPSA) is 37.3 Å². The lowest BCUT2D eigenvalue weighted by molar-refractivity contribution is -0.138. The molecule has 1 unspecified atom stereocenters. The summed E-state index contributed by atoms with van der Waals surface area (Å²) in [6, 6.07) is 7.67. The van der Waals surface area contributed by atoms with Crippen molar-refractivity contribution in [1.82, 2.24) is 0 Å². The van der Waals surface area contributed by atoms with E-state index in [9.17, 15) is 4.79 Å². The van der Waals surface area contributed by atoms with Crippen molar-refractivity contribution >= 4 is 5.97 Å². The molecule has 1 aromatic carbocycles. The van der Waals surface area contributed by atoms with Crippen molar-refractivity contribution < 1.29 is 9.90 Å². The van der Waals surface area contributed by atoms with Crippen molar-refractivity contribution in [2.75, 3.05) is 0 Å². The van der Waals surface area contributed by atoms with Crippen molar-refractivity contribution in [3.63, 3.8) is 0 Å². The molecular formula is C11H14O2. The number of rotatable bonds is 3. The lowest BCUT2D eigenvalue weighted by Crippen LogP contribution is -2.10. The average molecular weight is 178 g/mol. The predicted octanol–water partition coefficient (Wildman–Crippen LogP) is 2.57. The number of carbonyl (C=O) groups is 1. The lowest BCUT2D eigenvalue weighted by Gasteiger charge is -2.10. The molecule has 0 heterocycles. The number of benzene rings is 1. The lowest BCUT2D eigenvalue weighted by atomic mass is 9.95. The zero-order valence-corrected chi connectivity index (χ0v) is 7.95. The van der Waals surface area contributed by atoms with Crippen molar-refractivity contribution in [2.45, 2.75) is 26.2 Å². The summed E-state index contributed by atoms with van der Waals surface area (Å²) in [6.07, 6.45) is 0.638. The van der Waals surface area contributed by atoms with Gasteiger partial charge in [-0.15, -0.1) is 0 Å². The van der Waals surface area contributed by atoms with Gasteiger partial charge in [0.15, 0.2) is 0 Å². The van der Waals surface area contributed by atoms with Crippen LogP contribution in [0.2, 0.25) is 0 Å². The van der Waals surface area contributed by atoms with E-state index in [0.29, 0.717) is 6.42 Å². The maximum atomic E-state index is 10.8. The molecule has 1 N–H and O–H groups in total. The van der Waals surface area contributed by atoms with Crippen molar-refractivity contribution in [3.8, 4) is 0 Å². The van der Waals surface area contributed by atoms with Gasteiger partial charge < -0.3 is 5.11 Å². The van der Waals surface area contributed by atoms with Gasteiger partial charge in [-0.2, -0.15) is 0 Å². The Morgan fingerprint density at radius 1 is 1.54 bits per heavy atom. The van der Waals surface area contributed by atoms with E-state index in [1.165, 1.54) is 0 Å². The van der Waals surface area contributed by atoms with Crippen LogP contribution in [0.25, 0.3) is 0 Å². The van der Waals surface area contributed by atoms with Crippen LogP contribution in [0.3, 0.4) is 0 Å². The number of hydrogen-bond donors (Lipinski definition) is 1. The molecule has 0 aliphatic carbocycles. The highest BCUT2D eigenvalue weighted by Crippen LogP contribution is 2.20. The average Bonchev–Trinajstić information content (AvgIpc) is 2.04. The molecule has 0 aromatic heterocycles. The number of hydrogen-bond acceptors (Lipinski definition) is 1. The minimum Gasteiger partial charge on any atom is -0.481 e. The molecule has 0 aliphatic rings. The zero-order chi connectivity index (χ0) is 9.84. The fraction of sp³-hybridized carbons (Fsp3) is 0.364. The second kappa shape index (κ2) is 4.08. The van der Waals surface area contributed by atoms with Gasteiger partial charge >= 0.3 is 5.97 Å². The molecule has 2 nitrogen and oxygen atoms in total. The second-order valence-electron chi connectivity index (χ2n) is 3.21. The summed E-state index contributed by atoms with van der Waals surface area (Å²) in [7, 11) is 0. The Kier molecular flexibility index (Phi) is 3.07. The van der Waals surface area contributed by atoms with Crippen LogP contribution in [0.5, 0.6) is 0 Å². The van der Waals surface area contributed by atoms with Gasteiger partial charge in [0.05, 0.1) is 5.92 Å². The highest BCUT2D eigenvalue weighted by Gasteiger charge is 2.16. The minimum atomic E-state index is -0.742. The van der Waals surface area contributed by atoms with Crippen LogP contribution < -0.4 is 0 Å². The van der Waals surface area contributed by atoms with E-state index in [1.54, 1.807) is 0 Å². The first-order valence-electron chi connectivity index (χ1n) is 4.44. The van der Waals surface area contributed by atoms with E-state index < -0.39 is 5.97 Å². The second-order valence-corrected chi connectivity index (χ2v) is 3.21. The third-order valence-corrected chi connectivity index (χ3v) is 2.15. The molecule has 13 heavy (non-hydrogen) atoms. The Morgan fingerprint density at radius 2 is 2.23 bits per heavy atom. The summed E-state index contributed by atoms with van der Waals surface area (Å²) >= 11 is 0. The maximum Gasteiger partial charge on any atom is 0.310 e. The van der Waals surface area contributed by atoms with Gasteiger partial charge in [0, 0.05) is 0 Å². The molecule has 1 atom stereocenters. The largest absolute Gasteiger partial charge is 0.481 e. The van der Waals surface area contributed by atoms with Crippen LogP contribution in [0.15, 0.2) is 24.3 Å². The number of aryl methyl sites for hydroxylation is 1. The quantitative estimate of drug-likeness (QED) is 0.772. The summed E-state index contributed by atoms with van der Waals surface area (Å²) < 4.78 is 0. The van der Waals surface area contributed by atoms with Crippen LogP contribution in [0, 0.1) is 6.92 Å². The van der Waals surface area contributed by atoms with Crippen molar-refractivity contribution in [1.29, 1.82) is 0 Å². The van der Waals surface area contributed by atoms with E-state index in [4.69, 9.17) is 5.11 Å². The predicted molar refractivity (Wildman–Crippen MR) is 51.8 cm³/mol. The molecule has 1 rings (SSSR count). The Bertz CT molecular complexity index is 305. The summed E-state index contributed by atoms with van der Waals surface area (Å²) in [6.45, 7) is 3.86. The van der Waals surface area contributed by atoms with E-state index in [-0.39, 0.29) is 5.92 Å². The van der Waals surface area contributed by atoms with Crippen molar-refractivity contribution in [3.05, 3.63) is 35.4 Å². The molecule has 0 spiro atoms. The van der Waals surface area contributed by atoms with Gasteiger partial charge in [0.25, 0.3) is 0 Å². The van der Waals surface area contributed by atoms with E-state index >= 15 is 0 Å². The van der Waals surface area contributed by atoms with Gasteiger partial charge in [0.1, 0.15) is 0 Å². The van der Waals surface area contributed by atoms with Crippen LogP contribution in [0.1, 0.15) is 30.4 Å². The first-order chi connectivity index (χ1) is 6.15. The van der Waals surface area contributed by atoms with Gasteiger partial charge in [-0.1, -0.05) is 36.8 Å². The Balaban J connectivity index is 2.98. The molecule has 0 aliphatic heterocycles. The smallest absolute Gasteiger partial charge is 0.310 e. The monoisotopic (exact) mass is 178 g/mol. The van der Waals surface area contributed by atoms with E-state index in [2.05, 4.69) is 0 Å². The van der Waals surface area contributed by atoms with Crippen molar-refractivity contribution in [2.24, 2.45) is 0 Å². The van der Waals surface area contributed by atoms with E-state index in [0.717, 1.165) is 11.1 Å². The summed E-state index contributed by atoms with van der Waals surface area (Å²) in [4.78, 5) is 10.8. The van der Waals surface area contributed by atoms with E-state index in [1.807, 2.05) is 38.1 Å². The molecule has 1 aromatic rings. The summed E-state index contributed by atoms with van der Waals surface area (Å²) in [5.74, 6) is -1.10. The van der Waals surface area contributed by atoms with Gasteiger partial charge in [-0.3, -0.25) is 4.79 Å². The first-order valence-corrected chi connectivity index (χ1v) is 4.44. The molecule has 0 saturated heterocycles. The zero-order valence-electron chi connectivity index (χ0n) is 7.95. The third kappa shape index (κ3) is 2.31. The Morgan fingerprint density at radius 3 is 2.69 bits per heavy atom. The van der Waals surface area contributed by atoms with Gasteiger partial charge in [-0.05, 0) is 18.9 Å². The molecule has 0 bridgehead atoms. The van der Waals surface area contributed by atoms with Gasteiger partial charge in [-0.25, -0.2) is 0 Å². The summed E-state index contributed by atoms with van der Waals surface area (Å²) in [5.41, 5.74) is 2.01. The van der Waals surface area contributed by atoms with Crippen LogP contribution in [-0.4, -0.2) is 11.1 Å². The Labute approximate surface area is 78.2 Å². The molecule has 0 saturated carbocycles. The normalized spacial score (nSPS) is 12.5. The molecular weight excluding hydrogens is 164 g/mol. The fourth-order valence-electron chi connectivity index (χ4n) is 1.44. The number of carboxylic acids is 1. The first kappa shape index (κ1) is 9.78. The molecule has 0 fully saturated rings. The Hall–Kier alpha value is -1.31. The SMILES string of the molecule is CCC(C(=O)O)c1cccc(C)c1. The van der Waals surface area contributed by atoms with Crippen LogP contribution in [-0.2, 0) is 4.79 Å². The number of carboxylic acid groups (broad SMARTS) is 1. The van der Waals surface area contributed by atoms with Gasteiger partial charge in [0.2, 0.25) is 0 Å². The molecule has 70 valence electrons. The maximum absolute atomic E-state index is 10.8. The van der Waals surface area contributed by atoms with Crippen LogP contribution in [0.4, 0.5) is 0 Å². The highest BCUT2D eigenvalue weighted by molar-refractivity contribution is 5.76. The molecule has 0 radical (unpaired) electrons. The minimum absolute atomic E-state index is 0.361. The third-order valence-electron chi connectivity index (χ3n) is 2.15.